The van der Waals surface area contributed by atoms with E-state index in [2.05, 4.69) is 6.07 Å². The first-order valence-electron chi connectivity index (χ1n) is 3.80. The summed E-state index contributed by atoms with van der Waals surface area (Å²) < 4.78 is 13.4. The van der Waals surface area contributed by atoms with E-state index in [9.17, 15) is 4.39 Å². The van der Waals surface area contributed by atoms with Gasteiger partial charge in [0.25, 0.3) is 0 Å². The van der Waals surface area contributed by atoms with Crippen LogP contribution < -0.4 is 0 Å². The zero-order valence-electron chi connectivity index (χ0n) is 6.85. The predicted molar refractivity (Wildman–Crippen MR) is 58.6 cm³/mol. The van der Waals surface area contributed by atoms with Crippen molar-refractivity contribution in [3.8, 4) is 10.4 Å². The molecule has 1 aromatic carbocycles. The van der Waals surface area contributed by atoms with E-state index in [4.69, 9.17) is 23.2 Å². The van der Waals surface area contributed by atoms with Gasteiger partial charge in [0, 0.05) is 16.5 Å². The molecule has 0 fully saturated rings. The third-order valence-electron chi connectivity index (χ3n) is 1.70. The maximum atomic E-state index is 12.7. The molecule has 0 bridgehead atoms. The summed E-state index contributed by atoms with van der Waals surface area (Å²) in [5.74, 6) is -0.457. The largest absolute Gasteiger partial charge is 0.206 e. The lowest BCUT2D eigenvalue weighted by Gasteiger charge is -1.99. The number of hydrogen-bond acceptors (Lipinski definition) is 1. The van der Waals surface area contributed by atoms with E-state index in [0.717, 1.165) is 10.4 Å². The second-order valence-corrected chi connectivity index (χ2v) is 4.73. The predicted octanol–water partition coefficient (Wildman–Crippen LogP) is 4.66. The summed E-state index contributed by atoms with van der Waals surface area (Å²) in [4.78, 5) is 0.913. The van der Waals surface area contributed by atoms with Crippen molar-refractivity contribution in [2.75, 3.05) is 0 Å². The highest BCUT2D eigenvalue weighted by molar-refractivity contribution is 7.19. The first kappa shape index (κ1) is 9.97. The van der Waals surface area contributed by atoms with Crippen molar-refractivity contribution >= 4 is 34.5 Å². The van der Waals surface area contributed by atoms with Crippen molar-refractivity contribution in [1.82, 2.24) is 0 Å². The Kier molecular flexibility index (Phi) is 2.77. The minimum atomic E-state index is -0.457. The standard InChI is InChI=1S/C10H4Cl2FS/c11-8-5-6(13)1-2-7(8)9-3-4-10(12)14-9/h1-4H. The van der Waals surface area contributed by atoms with Crippen molar-refractivity contribution in [2.45, 2.75) is 0 Å². The topological polar surface area (TPSA) is 0 Å². The van der Waals surface area contributed by atoms with Crippen molar-refractivity contribution < 1.29 is 4.39 Å². The van der Waals surface area contributed by atoms with Crippen LogP contribution in [0.5, 0.6) is 0 Å². The Morgan fingerprint density at radius 2 is 1.93 bits per heavy atom. The quantitative estimate of drug-likeness (QED) is 0.686. The molecule has 0 unspecified atom stereocenters. The fourth-order valence-corrected chi connectivity index (χ4v) is 2.48. The average Bonchev–Trinajstić information content (AvgIpc) is 2.51. The summed E-state index contributed by atoms with van der Waals surface area (Å²) in [6.45, 7) is 0. The highest BCUT2D eigenvalue weighted by Gasteiger charge is 2.07. The molecule has 4 heteroatoms. The van der Waals surface area contributed by atoms with Gasteiger partial charge in [-0.15, -0.1) is 11.3 Å². The van der Waals surface area contributed by atoms with Crippen LogP contribution in [0, 0.1) is 11.9 Å². The lowest BCUT2D eigenvalue weighted by Crippen LogP contribution is -1.78. The van der Waals surface area contributed by atoms with Gasteiger partial charge in [0.2, 0.25) is 0 Å². The van der Waals surface area contributed by atoms with Crippen LogP contribution in [0.3, 0.4) is 0 Å². The van der Waals surface area contributed by atoms with Gasteiger partial charge in [-0.1, -0.05) is 23.2 Å². The highest BCUT2D eigenvalue weighted by atomic mass is 35.5. The number of halogens is 3. The summed E-state index contributed by atoms with van der Waals surface area (Å²) in [7, 11) is 0. The molecule has 2 rings (SSSR count). The zero-order chi connectivity index (χ0) is 10.1. The van der Waals surface area contributed by atoms with Crippen LogP contribution in [0.4, 0.5) is 4.39 Å². The third-order valence-corrected chi connectivity index (χ3v) is 3.26. The fraction of sp³-hybridized carbons (Fsp3) is 0. The van der Waals surface area contributed by atoms with Crippen molar-refractivity contribution in [3.63, 3.8) is 0 Å². The van der Waals surface area contributed by atoms with E-state index < -0.39 is 5.82 Å². The molecule has 0 aliphatic heterocycles. The molecule has 2 aromatic rings. The maximum Gasteiger partial charge on any atom is 0.132 e. The molecule has 1 aromatic heterocycles. The molecule has 0 nitrogen and oxygen atoms in total. The molecule has 14 heavy (non-hydrogen) atoms. The molecule has 0 atom stereocenters. The number of hydrogen-bond donors (Lipinski definition) is 0. The van der Waals surface area contributed by atoms with Gasteiger partial charge in [-0.2, -0.15) is 0 Å². The van der Waals surface area contributed by atoms with Gasteiger partial charge in [-0.25, -0.2) is 4.39 Å². The van der Waals surface area contributed by atoms with E-state index in [0.29, 0.717) is 4.34 Å². The van der Waals surface area contributed by atoms with Gasteiger partial charge in [0.15, 0.2) is 0 Å². The van der Waals surface area contributed by atoms with Crippen molar-refractivity contribution in [3.05, 3.63) is 45.5 Å². The van der Waals surface area contributed by atoms with Crippen LogP contribution in [0.25, 0.3) is 10.4 Å². The Bertz CT molecular complexity index is 465. The SMILES string of the molecule is Fc1[c]c(Cl)c(-c2ccc(Cl)s2)cc1. The molecule has 0 aliphatic rings. The van der Waals surface area contributed by atoms with Gasteiger partial charge in [0.05, 0.1) is 9.36 Å². The fourth-order valence-electron chi connectivity index (χ4n) is 1.09. The van der Waals surface area contributed by atoms with E-state index in [1.807, 2.05) is 6.07 Å². The number of benzene rings is 1. The van der Waals surface area contributed by atoms with E-state index >= 15 is 0 Å². The van der Waals surface area contributed by atoms with Gasteiger partial charge >= 0.3 is 0 Å². The maximum absolute atomic E-state index is 12.7. The monoisotopic (exact) mass is 245 g/mol. The summed E-state index contributed by atoms with van der Waals surface area (Å²) >= 11 is 13.0. The molecule has 0 N–H and O–H groups in total. The summed E-state index contributed by atoms with van der Waals surface area (Å²) in [6, 6.07) is 8.98. The molecule has 0 saturated heterocycles. The second-order valence-electron chi connectivity index (χ2n) is 2.64. The molecule has 1 heterocycles. The van der Waals surface area contributed by atoms with Gasteiger partial charge in [-0.05, 0) is 24.3 Å². The number of thiophene rings is 1. The van der Waals surface area contributed by atoms with E-state index in [1.165, 1.54) is 17.4 Å². The zero-order valence-corrected chi connectivity index (χ0v) is 9.18. The Hall–Kier alpha value is -0.570. The Balaban J connectivity index is 2.52. The number of rotatable bonds is 1. The summed E-state index contributed by atoms with van der Waals surface area (Å²) in [5.41, 5.74) is 0.755. The van der Waals surface area contributed by atoms with Crippen LogP contribution >= 0.6 is 34.5 Å². The van der Waals surface area contributed by atoms with Crippen LogP contribution in [-0.4, -0.2) is 0 Å². The van der Waals surface area contributed by atoms with Crippen LogP contribution in [-0.2, 0) is 0 Å². The molecular weight excluding hydrogens is 242 g/mol. The Morgan fingerprint density at radius 3 is 2.50 bits per heavy atom. The first-order chi connectivity index (χ1) is 6.66. The normalized spacial score (nSPS) is 10.5. The average molecular weight is 246 g/mol. The second kappa shape index (κ2) is 3.89. The van der Waals surface area contributed by atoms with Crippen molar-refractivity contribution in [1.29, 1.82) is 0 Å². The molecule has 0 spiro atoms. The van der Waals surface area contributed by atoms with Gasteiger partial charge in [-0.3, -0.25) is 0 Å². The van der Waals surface area contributed by atoms with Gasteiger partial charge in [0.1, 0.15) is 5.82 Å². The first-order valence-corrected chi connectivity index (χ1v) is 5.37. The third kappa shape index (κ3) is 1.92. The lowest BCUT2D eigenvalue weighted by atomic mass is 10.2. The van der Waals surface area contributed by atoms with Crippen LogP contribution in [0.1, 0.15) is 0 Å². The minimum absolute atomic E-state index is 0.281. The van der Waals surface area contributed by atoms with Crippen LogP contribution in [0.2, 0.25) is 9.36 Å². The molecule has 0 saturated carbocycles. The highest BCUT2D eigenvalue weighted by Crippen LogP contribution is 2.35. The Morgan fingerprint density at radius 1 is 1.14 bits per heavy atom. The van der Waals surface area contributed by atoms with Gasteiger partial charge < -0.3 is 0 Å². The lowest BCUT2D eigenvalue weighted by molar-refractivity contribution is 0.626. The smallest absolute Gasteiger partial charge is 0.132 e. The summed E-state index contributed by atoms with van der Waals surface area (Å²) in [6.07, 6.45) is 0. The van der Waals surface area contributed by atoms with E-state index in [-0.39, 0.29) is 5.02 Å². The molecule has 1 radical (unpaired) electrons. The minimum Gasteiger partial charge on any atom is -0.206 e. The molecule has 71 valence electrons. The molecular formula is C10H4Cl2FS. The summed E-state index contributed by atoms with van der Waals surface area (Å²) in [5, 5.41) is 0.281. The van der Waals surface area contributed by atoms with Crippen LogP contribution in [0.15, 0.2) is 24.3 Å². The Labute approximate surface area is 94.9 Å². The van der Waals surface area contributed by atoms with E-state index in [1.54, 1.807) is 12.1 Å². The van der Waals surface area contributed by atoms with Crippen molar-refractivity contribution in [2.24, 2.45) is 0 Å². The molecule has 0 amide bonds. The molecule has 0 aliphatic carbocycles.